The lowest BCUT2D eigenvalue weighted by Crippen LogP contribution is -2.47. The standard InChI is InChI=1S/C22H38N4O2/c1-4-23-22(25-17-21(27)15-19-8-6-5-7-9-19)24-16-20(14-18(2)3)26-10-12-28-13-11-26/h5-9,18,20-21,27H,4,10-17H2,1-3H3,(H2,23,24,25). The van der Waals surface area contributed by atoms with Crippen molar-refractivity contribution in [1.29, 1.82) is 0 Å². The molecular weight excluding hydrogens is 352 g/mol. The number of guanidine groups is 1. The summed E-state index contributed by atoms with van der Waals surface area (Å²) in [5.41, 5.74) is 1.14. The minimum atomic E-state index is -0.447. The number of aliphatic imine (C=N–C) groups is 1. The largest absolute Gasteiger partial charge is 0.391 e. The summed E-state index contributed by atoms with van der Waals surface area (Å²) in [5, 5.41) is 16.9. The number of hydrogen-bond acceptors (Lipinski definition) is 4. The smallest absolute Gasteiger partial charge is 0.191 e. The van der Waals surface area contributed by atoms with Gasteiger partial charge in [0.2, 0.25) is 0 Å². The van der Waals surface area contributed by atoms with E-state index in [0.717, 1.165) is 57.3 Å². The zero-order valence-electron chi connectivity index (χ0n) is 17.7. The zero-order valence-corrected chi connectivity index (χ0v) is 17.7. The summed E-state index contributed by atoms with van der Waals surface area (Å²) in [6, 6.07) is 10.5. The molecular formula is C22H38N4O2. The van der Waals surface area contributed by atoms with E-state index in [2.05, 4.69) is 36.3 Å². The molecule has 1 aliphatic rings. The molecule has 2 rings (SSSR count). The highest BCUT2D eigenvalue weighted by Gasteiger charge is 2.21. The Morgan fingerprint density at radius 3 is 2.54 bits per heavy atom. The maximum absolute atomic E-state index is 10.4. The number of nitrogens with zero attached hydrogens (tertiary/aromatic N) is 2. The van der Waals surface area contributed by atoms with Crippen molar-refractivity contribution in [3.63, 3.8) is 0 Å². The molecule has 1 aliphatic heterocycles. The predicted molar refractivity (Wildman–Crippen MR) is 116 cm³/mol. The van der Waals surface area contributed by atoms with Crippen LogP contribution in [0.3, 0.4) is 0 Å². The summed E-state index contributed by atoms with van der Waals surface area (Å²) in [7, 11) is 0. The molecule has 1 aromatic carbocycles. The highest BCUT2D eigenvalue weighted by Crippen LogP contribution is 2.14. The first kappa shape index (κ1) is 22.7. The van der Waals surface area contributed by atoms with Crippen molar-refractivity contribution in [2.75, 3.05) is 45.9 Å². The van der Waals surface area contributed by atoms with Gasteiger partial charge in [0.1, 0.15) is 0 Å². The molecule has 2 unspecified atom stereocenters. The van der Waals surface area contributed by atoms with Crippen LogP contribution in [0.25, 0.3) is 0 Å². The Morgan fingerprint density at radius 1 is 1.18 bits per heavy atom. The van der Waals surface area contributed by atoms with Crippen molar-refractivity contribution in [2.45, 2.75) is 45.8 Å². The molecule has 0 spiro atoms. The highest BCUT2D eigenvalue weighted by atomic mass is 16.5. The number of aliphatic hydroxyl groups is 1. The lowest BCUT2D eigenvalue weighted by atomic mass is 10.0. The number of nitrogens with one attached hydrogen (secondary N) is 2. The molecule has 2 atom stereocenters. The number of hydrogen-bond donors (Lipinski definition) is 3. The lowest BCUT2D eigenvalue weighted by molar-refractivity contribution is 0.0143. The van der Waals surface area contributed by atoms with Crippen LogP contribution >= 0.6 is 0 Å². The fourth-order valence-corrected chi connectivity index (χ4v) is 3.54. The number of rotatable bonds is 10. The van der Waals surface area contributed by atoms with E-state index >= 15 is 0 Å². The van der Waals surface area contributed by atoms with E-state index in [-0.39, 0.29) is 0 Å². The summed E-state index contributed by atoms with van der Waals surface area (Å²) >= 11 is 0. The summed E-state index contributed by atoms with van der Waals surface area (Å²) in [6.07, 6.45) is 1.31. The van der Waals surface area contributed by atoms with Crippen LogP contribution < -0.4 is 10.6 Å². The van der Waals surface area contributed by atoms with Gasteiger partial charge in [-0.1, -0.05) is 44.2 Å². The predicted octanol–water partition coefficient (Wildman–Crippen LogP) is 1.89. The van der Waals surface area contributed by atoms with Crippen LogP contribution in [0.5, 0.6) is 0 Å². The molecule has 0 saturated carbocycles. The van der Waals surface area contributed by atoms with Gasteiger partial charge in [0.05, 0.1) is 25.9 Å². The molecule has 3 N–H and O–H groups in total. The van der Waals surface area contributed by atoms with Crippen molar-refractivity contribution in [2.24, 2.45) is 10.9 Å². The van der Waals surface area contributed by atoms with Gasteiger partial charge in [-0.25, -0.2) is 0 Å². The average molecular weight is 391 g/mol. The molecule has 1 fully saturated rings. The van der Waals surface area contributed by atoms with Crippen LogP contribution in [0.2, 0.25) is 0 Å². The highest BCUT2D eigenvalue weighted by molar-refractivity contribution is 5.79. The first-order chi connectivity index (χ1) is 13.6. The lowest BCUT2D eigenvalue weighted by Gasteiger charge is -2.34. The maximum atomic E-state index is 10.4. The van der Waals surface area contributed by atoms with Crippen molar-refractivity contribution in [3.05, 3.63) is 35.9 Å². The van der Waals surface area contributed by atoms with E-state index in [9.17, 15) is 5.11 Å². The van der Waals surface area contributed by atoms with E-state index in [4.69, 9.17) is 9.73 Å². The molecule has 158 valence electrons. The molecule has 6 heteroatoms. The molecule has 28 heavy (non-hydrogen) atoms. The second-order valence-electron chi connectivity index (χ2n) is 7.88. The van der Waals surface area contributed by atoms with E-state index in [1.807, 2.05) is 30.3 Å². The summed E-state index contributed by atoms with van der Waals surface area (Å²) in [5.74, 6) is 1.41. The van der Waals surface area contributed by atoms with Crippen LogP contribution in [0.15, 0.2) is 35.3 Å². The van der Waals surface area contributed by atoms with Gasteiger partial charge in [0, 0.05) is 38.6 Å². The van der Waals surface area contributed by atoms with Crippen molar-refractivity contribution in [1.82, 2.24) is 15.5 Å². The minimum Gasteiger partial charge on any atom is -0.391 e. The molecule has 0 aromatic heterocycles. The van der Waals surface area contributed by atoms with Gasteiger partial charge in [-0.3, -0.25) is 9.89 Å². The fourth-order valence-electron chi connectivity index (χ4n) is 3.54. The molecule has 6 nitrogen and oxygen atoms in total. The zero-order chi connectivity index (χ0) is 20.2. The average Bonchev–Trinajstić information content (AvgIpc) is 2.70. The molecule has 0 aliphatic carbocycles. The van der Waals surface area contributed by atoms with Crippen molar-refractivity contribution in [3.8, 4) is 0 Å². The second kappa shape index (κ2) is 12.8. The summed E-state index contributed by atoms with van der Waals surface area (Å²) in [4.78, 5) is 7.32. The molecule has 1 aromatic rings. The van der Waals surface area contributed by atoms with Gasteiger partial charge >= 0.3 is 0 Å². The third kappa shape index (κ3) is 8.59. The first-order valence-electron chi connectivity index (χ1n) is 10.6. The normalized spacial score (nSPS) is 18.1. The topological polar surface area (TPSA) is 69.1 Å². The Hall–Kier alpha value is -1.63. The van der Waals surface area contributed by atoms with Crippen LogP contribution in [-0.4, -0.2) is 74.0 Å². The Morgan fingerprint density at radius 2 is 1.89 bits per heavy atom. The van der Waals surface area contributed by atoms with Crippen LogP contribution in [-0.2, 0) is 11.2 Å². The van der Waals surface area contributed by atoms with Crippen LogP contribution in [0, 0.1) is 5.92 Å². The Bertz CT molecular complexity index is 559. The van der Waals surface area contributed by atoms with Gasteiger partial charge in [0.25, 0.3) is 0 Å². The maximum Gasteiger partial charge on any atom is 0.191 e. The van der Waals surface area contributed by atoms with E-state index in [1.54, 1.807) is 0 Å². The summed E-state index contributed by atoms with van der Waals surface area (Å²) < 4.78 is 5.50. The Labute approximate surface area is 170 Å². The van der Waals surface area contributed by atoms with Gasteiger partial charge < -0.3 is 20.5 Å². The van der Waals surface area contributed by atoms with Crippen LogP contribution in [0.4, 0.5) is 0 Å². The second-order valence-corrected chi connectivity index (χ2v) is 7.88. The molecule has 1 heterocycles. The first-order valence-corrected chi connectivity index (χ1v) is 10.6. The minimum absolute atomic E-state index is 0.425. The third-order valence-electron chi connectivity index (χ3n) is 4.93. The van der Waals surface area contributed by atoms with Gasteiger partial charge in [-0.05, 0) is 24.8 Å². The monoisotopic (exact) mass is 390 g/mol. The summed E-state index contributed by atoms with van der Waals surface area (Å²) in [6.45, 7) is 12.2. The van der Waals surface area contributed by atoms with Crippen molar-refractivity contribution < 1.29 is 9.84 Å². The number of ether oxygens (including phenoxy) is 1. The fraction of sp³-hybridized carbons (Fsp3) is 0.682. The Balaban J connectivity index is 1.89. The van der Waals surface area contributed by atoms with Gasteiger partial charge in [0.15, 0.2) is 5.96 Å². The van der Waals surface area contributed by atoms with Gasteiger partial charge in [-0.15, -0.1) is 0 Å². The van der Waals surface area contributed by atoms with Crippen molar-refractivity contribution >= 4 is 5.96 Å². The molecule has 0 bridgehead atoms. The van der Waals surface area contributed by atoms with E-state index in [0.29, 0.717) is 24.9 Å². The number of morpholine rings is 1. The number of benzene rings is 1. The molecule has 0 radical (unpaired) electrons. The SMILES string of the molecule is CCNC(=NCC(CC(C)C)N1CCOCC1)NCC(O)Cc1ccccc1. The third-order valence-corrected chi connectivity index (χ3v) is 4.93. The number of aliphatic hydroxyl groups excluding tert-OH is 1. The van der Waals surface area contributed by atoms with Gasteiger partial charge in [-0.2, -0.15) is 0 Å². The van der Waals surface area contributed by atoms with E-state index < -0.39 is 6.10 Å². The molecule has 0 amide bonds. The molecule has 1 saturated heterocycles. The quantitative estimate of drug-likeness (QED) is 0.420. The van der Waals surface area contributed by atoms with Crippen LogP contribution in [0.1, 0.15) is 32.8 Å². The van der Waals surface area contributed by atoms with E-state index in [1.165, 1.54) is 0 Å². The Kier molecular flexibility index (Phi) is 10.3.